The second kappa shape index (κ2) is 10.8. The van der Waals surface area contributed by atoms with Crippen LogP contribution in [0.4, 0.5) is 18.0 Å². The molecule has 0 spiro atoms. The number of hydrogen-bond acceptors (Lipinski definition) is 5. The largest absolute Gasteiger partial charge is 0.481 e. The first-order chi connectivity index (χ1) is 16.5. The fourth-order valence-corrected chi connectivity index (χ4v) is 3.98. The molecule has 8 nitrogen and oxygen atoms in total. The molecule has 0 saturated heterocycles. The van der Waals surface area contributed by atoms with Crippen LogP contribution in [0.2, 0.25) is 0 Å². The Balaban J connectivity index is 1.69. The smallest absolute Gasteiger partial charge is 0.409 e. The van der Waals surface area contributed by atoms with E-state index in [1.165, 1.54) is 14.0 Å². The van der Waals surface area contributed by atoms with Crippen LogP contribution in [-0.2, 0) is 19.1 Å². The molecule has 0 fully saturated rings. The third kappa shape index (κ3) is 6.10. The van der Waals surface area contributed by atoms with Gasteiger partial charge in [-0.15, -0.1) is 0 Å². The van der Waals surface area contributed by atoms with Crippen LogP contribution in [0.25, 0.3) is 11.1 Å². The summed E-state index contributed by atoms with van der Waals surface area (Å²) >= 11 is 0. The van der Waals surface area contributed by atoms with Gasteiger partial charge in [-0.2, -0.15) is 13.2 Å². The van der Waals surface area contributed by atoms with Crippen molar-refractivity contribution in [1.82, 2.24) is 10.6 Å². The minimum Gasteiger partial charge on any atom is -0.481 e. The number of fused-ring (bicyclic) bond motifs is 3. The molecule has 1 aliphatic carbocycles. The lowest BCUT2D eigenvalue weighted by Crippen LogP contribution is -2.57. The van der Waals surface area contributed by atoms with Gasteiger partial charge < -0.3 is 25.2 Å². The van der Waals surface area contributed by atoms with Crippen LogP contribution < -0.4 is 10.6 Å². The van der Waals surface area contributed by atoms with Crippen molar-refractivity contribution in [2.45, 2.75) is 43.6 Å². The van der Waals surface area contributed by atoms with Gasteiger partial charge in [-0.1, -0.05) is 48.5 Å². The first-order valence-electron chi connectivity index (χ1n) is 10.8. The summed E-state index contributed by atoms with van der Waals surface area (Å²) in [6, 6.07) is 11.1. The molecule has 3 atom stereocenters. The van der Waals surface area contributed by atoms with Crippen LogP contribution in [0.5, 0.6) is 0 Å². The summed E-state index contributed by atoms with van der Waals surface area (Å²) < 4.78 is 49.9. The molecule has 0 saturated carbocycles. The van der Waals surface area contributed by atoms with Gasteiger partial charge in [0, 0.05) is 13.0 Å². The van der Waals surface area contributed by atoms with E-state index in [0.29, 0.717) is 0 Å². The Bertz CT molecular complexity index is 1050. The minimum atomic E-state index is -5.00. The number of benzene rings is 2. The predicted molar refractivity (Wildman–Crippen MR) is 119 cm³/mol. The molecule has 188 valence electrons. The average molecular weight is 494 g/mol. The summed E-state index contributed by atoms with van der Waals surface area (Å²) in [5, 5.41) is 12.6. The monoisotopic (exact) mass is 494 g/mol. The van der Waals surface area contributed by atoms with Gasteiger partial charge >= 0.3 is 18.2 Å². The lowest BCUT2D eigenvalue weighted by atomic mass is 9.98. The molecule has 0 bridgehead atoms. The molecule has 1 aliphatic rings. The highest BCUT2D eigenvalue weighted by atomic mass is 19.4. The van der Waals surface area contributed by atoms with E-state index in [4.69, 9.17) is 14.6 Å². The average Bonchev–Trinajstić information content (AvgIpc) is 3.13. The van der Waals surface area contributed by atoms with E-state index < -0.39 is 48.8 Å². The number of alkyl carbamates (subject to hydrolysis) is 1. The zero-order valence-electron chi connectivity index (χ0n) is 19.0. The van der Waals surface area contributed by atoms with E-state index in [9.17, 15) is 27.6 Å². The molecule has 3 rings (SSSR count). The number of carboxylic acid groups (broad SMARTS) is 1. The van der Waals surface area contributed by atoms with E-state index >= 15 is 0 Å². The standard InChI is InChI=1S/C24H25F3N2O6/c1-13(34-2)21(22(32)28-19(11-20(30)31)24(25,26)27)29-23(33)35-12-18-16-9-5-3-7-14(16)15-8-4-6-10-17(15)18/h3-10,13,18-19,21H,11-12H2,1-2H3,(H,28,32)(H,29,33)(H,30,31)/t13-,19?,21+/m1/s1. The highest BCUT2D eigenvalue weighted by Gasteiger charge is 2.43. The van der Waals surface area contributed by atoms with E-state index in [2.05, 4.69) is 5.32 Å². The maximum absolute atomic E-state index is 13.2. The number of rotatable bonds is 9. The van der Waals surface area contributed by atoms with Gasteiger partial charge in [0.15, 0.2) is 0 Å². The number of methoxy groups -OCH3 is 1. The molecule has 11 heteroatoms. The molecule has 0 radical (unpaired) electrons. The summed E-state index contributed by atoms with van der Waals surface area (Å²) in [5.74, 6) is -3.25. The van der Waals surface area contributed by atoms with Gasteiger partial charge in [0.2, 0.25) is 5.91 Å². The molecular weight excluding hydrogens is 469 g/mol. The molecule has 2 amide bonds. The van der Waals surface area contributed by atoms with Crippen molar-refractivity contribution in [2.75, 3.05) is 13.7 Å². The summed E-state index contributed by atoms with van der Waals surface area (Å²) in [5.41, 5.74) is 3.95. The molecule has 2 aromatic carbocycles. The topological polar surface area (TPSA) is 114 Å². The van der Waals surface area contributed by atoms with Crippen LogP contribution in [0.15, 0.2) is 48.5 Å². The highest BCUT2D eigenvalue weighted by molar-refractivity contribution is 5.87. The second-order valence-electron chi connectivity index (χ2n) is 8.09. The number of hydrogen-bond donors (Lipinski definition) is 3. The highest BCUT2D eigenvalue weighted by Crippen LogP contribution is 2.44. The number of alkyl halides is 3. The zero-order valence-corrected chi connectivity index (χ0v) is 19.0. The van der Waals surface area contributed by atoms with Crippen LogP contribution in [0.1, 0.15) is 30.4 Å². The van der Waals surface area contributed by atoms with Gasteiger partial charge in [-0.3, -0.25) is 9.59 Å². The summed E-state index contributed by atoms with van der Waals surface area (Å²) in [6.45, 7) is 1.30. The maximum atomic E-state index is 13.2. The van der Waals surface area contributed by atoms with Crippen molar-refractivity contribution >= 4 is 18.0 Å². The maximum Gasteiger partial charge on any atom is 0.409 e. The molecule has 0 heterocycles. The summed E-state index contributed by atoms with van der Waals surface area (Å²) in [4.78, 5) is 35.9. The van der Waals surface area contributed by atoms with Crippen molar-refractivity contribution in [3.8, 4) is 11.1 Å². The molecule has 3 N–H and O–H groups in total. The number of ether oxygens (including phenoxy) is 2. The second-order valence-corrected chi connectivity index (χ2v) is 8.09. The fourth-order valence-electron chi connectivity index (χ4n) is 3.98. The predicted octanol–water partition coefficient (Wildman–Crippen LogP) is 3.45. The first kappa shape index (κ1) is 26.0. The van der Waals surface area contributed by atoms with Gasteiger partial charge in [0.1, 0.15) is 18.7 Å². The third-order valence-electron chi connectivity index (χ3n) is 5.83. The Hall–Kier alpha value is -3.60. The summed E-state index contributed by atoms with van der Waals surface area (Å²) in [6.07, 6.45) is -8.43. The van der Waals surface area contributed by atoms with Crippen LogP contribution >= 0.6 is 0 Å². The van der Waals surface area contributed by atoms with Crippen molar-refractivity contribution < 1.29 is 42.1 Å². The molecule has 1 unspecified atom stereocenters. The van der Waals surface area contributed by atoms with Crippen molar-refractivity contribution in [3.05, 3.63) is 59.7 Å². The Morgan fingerprint density at radius 3 is 2.03 bits per heavy atom. The van der Waals surface area contributed by atoms with E-state index in [-0.39, 0.29) is 12.5 Å². The number of halogens is 3. The van der Waals surface area contributed by atoms with Crippen LogP contribution in [0.3, 0.4) is 0 Å². The number of carboxylic acids is 1. The van der Waals surface area contributed by atoms with Crippen molar-refractivity contribution in [3.63, 3.8) is 0 Å². The number of aliphatic carboxylic acids is 1. The lowest BCUT2D eigenvalue weighted by Gasteiger charge is -2.27. The Kier molecular flexibility index (Phi) is 8.00. The lowest BCUT2D eigenvalue weighted by molar-refractivity contribution is -0.171. The fraction of sp³-hybridized carbons (Fsp3) is 0.375. The Morgan fingerprint density at radius 1 is 1.00 bits per heavy atom. The Morgan fingerprint density at radius 2 is 1.54 bits per heavy atom. The minimum absolute atomic E-state index is 0.0697. The van der Waals surface area contributed by atoms with Crippen molar-refractivity contribution in [2.24, 2.45) is 0 Å². The number of carbonyl (C=O) groups is 3. The number of nitrogens with one attached hydrogen (secondary N) is 2. The molecule has 0 aliphatic heterocycles. The Labute approximate surface area is 199 Å². The van der Waals surface area contributed by atoms with Crippen molar-refractivity contribution in [1.29, 1.82) is 0 Å². The molecule has 0 aromatic heterocycles. The normalized spacial score (nSPS) is 15.3. The van der Waals surface area contributed by atoms with Gasteiger partial charge in [-0.25, -0.2) is 4.79 Å². The van der Waals surface area contributed by atoms with Crippen LogP contribution in [0, 0.1) is 0 Å². The van der Waals surface area contributed by atoms with E-state index in [0.717, 1.165) is 22.3 Å². The summed E-state index contributed by atoms with van der Waals surface area (Å²) in [7, 11) is 1.21. The van der Waals surface area contributed by atoms with Crippen LogP contribution in [-0.4, -0.2) is 61.2 Å². The van der Waals surface area contributed by atoms with Gasteiger partial charge in [-0.05, 0) is 29.2 Å². The SMILES string of the molecule is CO[C@H](C)[C@H](NC(=O)OCC1c2ccccc2-c2ccccc21)C(=O)NC(CC(=O)O)C(F)(F)F. The number of amides is 2. The molecular formula is C24H25F3N2O6. The first-order valence-corrected chi connectivity index (χ1v) is 10.8. The molecule has 35 heavy (non-hydrogen) atoms. The molecule has 2 aromatic rings. The van der Waals surface area contributed by atoms with E-state index in [1.807, 2.05) is 48.5 Å². The zero-order chi connectivity index (χ0) is 25.8. The van der Waals surface area contributed by atoms with E-state index in [1.54, 1.807) is 5.32 Å². The quantitative estimate of drug-likeness (QED) is 0.492. The third-order valence-corrected chi connectivity index (χ3v) is 5.83. The number of carbonyl (C=O) groups excluding carboxylic acids is 2. The van der Waals surface area contributed by atoms with Gasteiger partial charge in [0.25, 0.3) is 0 Å². The van der Waals surface area contributed by atoms with Gasteiger partial charge in [0.05, 0.1) is 12.5 Å².